The van der Waals surface area contributed by atoms with Crippen molar-refractivity contribution >= 4 is 22.8 Å². The van der Waals surface area contributed by atoms with Gasteiger partial charge in [-0.25, -0.2) is 15.1 Å². The number of carbonyl (C=O) groups is 1. The Morgan fingerprint density at radius 1 is 1.24 bits per heavy atom. The lowest BCUT2D eigenvalue weighted by Crippen LogP contribution is -2.50. The Bertz CT molecular complexity index is 1220. The number of hydrogen-bond donors (Lipinski definition) is 1. The van der Waals surface area contributed by atoms with Crippen LogP contribution in [0, 0.1) is 18.3 Å². The summed E-state index contributed by atoms with van der Waals surface area (Å²) in [6.07, 6.45) is 5.23. The molecule has 1 unspecified atom stereocenters. The monoisotopic (exact) mass is 451 g/mol. The normalized spacial score (nSPS) is 14.9. The predicted molar refractivity (Wildman–Crippen MR) is 119 cm³/mol. The van der Waals surface area contributed by atoms with Crippen molar-refractivity contribution in [3.8, 4) is 6.07 Å². The highest BCUT2D eigenvalue weighted by Gasteiger charge is 2.23. The highest BCUT2D eigenvalue weighted by Crippen LogP contribution is 2.19. The summed E-state index contributed by atoms with van der Waals surface area (Å²) < 4.78 is 7.42. The van der Waals surface area contributed by atoms with E-state index in [4.69, 9.17) is 10.00 Å². The Hall–Kier alpha value is -3.85. The smallest absolute Gasteiger partial charge is 0.275 e. The zero-order valence-electron chi connectivity index (χ0n) is 18.6. The second-order valence-corrected chi connectivity index (χ2v) is 7.93. The second kappa shape index (κ2) is 9.74. The maximum atomic E-state index is 12.5. The van der Waals surface area contributed by atoms with Gasteiger partial charge in [0.1, 0.15) is 12.7 Å². The largest absolute Gasteiger partial charge is 0.372 e. The van der Waals surface area contributed by atoms with Crippen molar-refractivity contribution in [3.63, 3.8) is 0 Å². The van der Waals surface area contributed by atoms with Crippen LogP contribution in [0.3, 0.4) is 0 Å². The molecule has 1 aliphatic heterocycles. The summed E-state index contributed by atoms with van der Waals surface area (Å²) in [5, 5.41) is 20.2. The summed E-state index contributed by atoms with van der Waals surface area (Å²) in [4.78, 5) is 36.7. The molecular weight excluding hydrogens is 426 g/mol. The van der Waals surface area contributed by atoms with Crippen molar-refractivity contribution in [1.29, 1.82) is 5.26 Å². The SMILES string of the molecule is Cc1nn(C(C)CCOCC(=O)N2CCN(c3ncc(C#N)cn3)CC2)c2cn[nH]c(=O)c12. The lowest BCUT2D eigenvalue weighted by atomic mass is 10.2. The fraction of sp³-hybridized carbons (Fsp3) is 0.476. The summed E-state index contributed by atoms with van der Waals surface area (Å²) in [5.41, 5.74) is 1.50. The zero-order valence-corrected chi connectivity index (χ0v) is 18.6. The minimum absolute atomic E-state index is 0.0141. The molecule has 1 fully saturated rings. The number of carbonyl (C=O) groups excluding carboxylic acids is 1. The molecule has 12 heteroatoms. The van der Waals surface area contributed by atoms with Gasteiger partial charge in [-0.15, -0.1) is 0 Å². The van der Waals surface area contributed by atoms with Crippen molar-refractivity contribution < 1.29 is 9.53 Å². The number of anilines is 1. The van der Waals surface area contributed by atoms with Crippen molar-refractivity contribution in [2.45, 2.75) is 26.3 Å². The van der Waals surface area contributed by atoms with E-state index in [0.29, 0.717) is 67.3 Å². The van der Waals surface area contributed by atoms with E-state index in [0.717, 1.165) is 0 Å². The number of hydrogen-bond acceptors (Lipinski definition) is 9. The molecular formula is C21H25N9O3. The number of nitriles is 1. The minimum atomic E-state index is -0.254. The molecule has 12 nitrogen and oxygen atoms in total. The molecule has 172 valence electrons. The highest BCUT2D eigenvalue weighted by molar-refractivity contribution is 5.79. The number of aryl methyl sites for hydroxylation is 1. The second-order valence-electron chi connectivity index (χ2n) is 7.93. The fourth-order valence-corrected chi connectivity index (χ4v) is 3.84. The third-order valence-corrected chi connectivity index (χ3v) is 5.71. The van der Waals surface area contributed by atoms with E-state index in [1.54, 1.807) is 22.7 Å². The van der Waals surface area contributed by atoms with E-state index in [1.807, 2.05) is 17.9 Å². The number of rotatable bonds is 7. The molecule has 1 saturated heterocycles. The number of ether oxygens (including phenoxy) is 1. The topological polar surface area (TPSA) is 146 Å². The molecule has 1 aliphatic rings. The Labute approximate surface area is 189 Å². The van der Waals surface area contributed by atoms with Crippen molar-refractivity contribution in [2.24, 2.45) is 0 Å². The average molecular weight is 451 g/mol. The van der Waals surface area contributed by atoms with Gasteiger partial charge in [-0.2, -0.15) is 15.5 Å². The van der Waals surface area contributed by atoms with Crippen LogP contribution in [0.1, 0.15) is 30.6 Å². The molecule has 1 atom stereocenters. The summed E-state index contributed by atoms with van der Waals surface area (Å²) in [6, 6.07) is 1.98. The van der Waals surface area contributed by atoms with Crippen LogP contribution in [-0.4, -0.2) is 80.1 Å². The van der Waals surface area contributed by atoms with E-state index in [-0.39, 0.29) is 24.1 Å². The molecule has 0 bridgehead atoms. The molecule has 0 radical (unpaired) electrons. The molecule has 1 N–H and O–H groups in total. The predicted octanol–water partition coefficient (Wildman–Crippen LogP) is 0.406. The Balaban J connectivity index is 1.22. The third kappa shape index (κ3) is 4.83. The Morgan fingerprint density at radius 3 is 2.67 bits per heavy atom. The van der Waals surface area contributed by atoms with Gasteiger partial charge >= 0.3 is 0 Å². The van der Waals surface area contributed by atoms with Crippen LogP contribution >= 0.6 is 0 Å². The van der Waals surface area contributed by atoms with E-state index in [9.17, 15) is 9.59 Å². The molecule has 0 spiro atoms. The lowest BCUT2D eigenvalue weighted by Gasteiger charge is -2.34. The van der Waals surface area contributed by atoms with Gasteiger partial charge in [0.15, 0.2) is 0 Å². The molecule has 4 heterocycles. The molecule has 1 amide bonds. The van der Waals surface area contributed by atoms with Gasteiger partial charge in [0.05, 0.1) is 46.8 Å². The van der Waals surface area contributed by atoms with Gasteiger partial charge in [-0.1, -0.05) is 0 Å². The van der Waals surface area contributed by atoms with E-state index in [2.05, 4.69) is 25.3 Å². The van der Waals surface area contributed by atoms with E-state index >= 15 is 0 Å². The van der Waals surface area contributed by atoms with Gasteiger partial charge in [0.2, 0.25) is 11.9 Å². The minimum Gasteiger partial charge on any atom is -0.372 e. The third-order valence-electron chi connectivity index (χ3n) is 5.71. The van der Waals surface area contributed by atoms with E-state index < -0.39 is 0 Å². The van der Waals surface area contributed by atoms with Gasteiger partial charge < -0.3 is 14.5 Å². The summed E-state index contributed by atoms with van der Waals surface area (Å²) in [7, 11) is 0. The van der Waals surface area contributed by atoms with Crippen LogP contribution in [0.15, 0.2) is 23.4 Å². The van der Waals surface area contributed by atoms with Gasteiger partial charge in [0.25, 0.3) is 5.56 Å². The number of amides is 1. The van der Waals surface area contributed by atoms with Crippen LogP contribution < -0.4 is 10.5 Å². The number of aromatic amines is 1. The highest BCUT2D eigenvalue weighted by atomic mass is 16.5. The molecule has 3 aromatic heterocycles. The average Bonchev–Trinajstić information content (AvgIpc) is 3.19. The molecule has 0 saturated carbocycles. The molecule has 4 rings (SSSR count). The summed E-state index contributed by atoms with van der Waals surface area (Å²) in [6.45, 7) is 6.54. The Morgan fingerprint density at radius 2 is 1.97 bits per heavy atom. The summed E-state index contributed by atoms with van der Waals surface area (Å²) in [5.74, 6) is 0.504. The first-order valence-electron chi connectivity index (χ1n) is 10.7. The Kier molecular flexibility index (Phi) is 6.60. The van der Waals surface area contributed by atoms with Crippen molar-refractivity contribution in [2.75, 3.05) is 44.3 Å². The van der Waals surface area contributed by atoms with Crippen LogP contribution in [0.2, 0.25) is 0 Å². The summed E-state index contributed by atoms with van der Waals surface area (Å²) >= 11 is 0. The number of fused-ring (bicyclic) bond motifs is 1. The fourth-order valence-electron chi connectivity index (χ4n) is 3.84. The van der Waals surface area contributed by atoms with E-state index in [1.165, 1.54) is 12.4 Å². The zero-order chi connectivity index (χ0) is 23.4. The first kappa shape index (κ1) is 22.3. The quantitative estimate of drug-likeness (QED) is 0.504. The maximum Gasteiger partial charge on any atom is 0.275 e. The maximum absolute atomic E-state index is 12.5. The number of piperazine rings is 1. The van der Waals surface area contributed by atoms with Crippen molar-refractivity contribution in [1.82, 2.24) is 34.8 Å². The number of aromatic nitrogens is 6. The van der Waals surface area contributed by atoms with Gasteiger partial charge in [-0.3, -0.25) is 14.3 Å². The molecule has 0 aromatic carbocycles. The van der Waals surface area contributed by atoms with Crippen LogP contribution in [0.25, 0.3) is 10.9 Å². The first-order chi connectivity index (χ1) is 16.0. The standard InChI is InChI=1S/C21H25N9O3/c1-14(30-17-12-25-26-20(32)19(17)15(2)27-30)3-8-33-13-18(31)28-4-6-29(7-5-28)21-23-10-16(9-22)11-24-21/h10-12,14H,3-8,13H2,1-2H3,(H,26,32). The lowest BCUT2D eigenvalue weighted by molar-refractivity contribution is -0.136. The number of H-pyrrole nitrogens is 1. The van der Waals surface area contributed by atoms with Gasteiger partial charge in [-0.05, 0) is 20.3 Å². The van der Waals surface area contributed by atoms with Gasteiger partial charge in [0, 0.05) is 32.8 Å². The van der Waals surface area contributed by atoms with Crippen LogP contribution in [0.4, 0.5) is 5.95 Å². The molecule has 0 aliphatic carbocycles. The number of nitrogens with zero attached hydrogens (tertiary/aromatic N) is 8. The molecule has 3 aromatic rings. The number of nitrogens with one attached hydrogen (secondary N) is 1. The molecule has 33 heavy (non-hydrogen) atoms. The van der Waals surface area contributed by atoms with Crippen LogP contribution in [-0.2, 0) is 9.53 Å². The van der Waals surface area contributed by atoms with Crippen LogP contribution in [0.5, 0.6) is 0 Å². The first-order valence-corrected chi connectivity index (χ1v) is 10.7. The van der Waals surface area contributed by atoms with Crippen molar-refractivity contribution in [3.05, 3.63) is 40.2 Å².